The molecule has 1 aliphatic carbocycles. The van der Waals surface area contributed by atoms with Crippen LogP contribution in [0.25, 0.3) is 10.9 Å². The van der Waals surface area contributed by atoms with Crippen LogP contribution in [-0.4, -0.2) is 137 Å². The molecular weight excluding hydrogens is 654 g/mol. The Morgan fingerprint density at radius 2 is 1.80 bits per heavy atom. The van der Waals surface area contributed by atoms with E-state index in [4.69, 9.17) is 25.2 Å². The number of nitrogens with one attached hydrogen (secondary N) is 2. The second-order valence-electron chi connectivity index (χ2n) is 14.7. The fraction of sp³-hybridized carbons (Fsp3) is 0.618. The summed E-state index contributed by atoms with van der Waals surface area (Å²) in [4.78, 5) is 69.4. The van der Waals surface area contributed by atoms with Gasteiger partial charge in [0.25, 0.3) is 11.8 Å². The number of H-pyrrole nitrogens is 1. The summed E-state index contributed by atoms with van der Waals surface area (Å²) in [6, 6.07) is 5.14. The van der Waals surface area contributed by atoms with Crippen LogP contribution >= 0.6 is 0 Å². The van der Waals surface area contributed by atoms with Crippen molar-refractivity contribution in [2.24, 2.45) is 11.8 Å². The quantitative estimate of drug-likeness (QED) is 0.199. The number of aliphatic hydroxyl groups is 3. The van der Waals surface area contributed by atoms with Crippen molar-refractivity contribution < 1.29 is 54.2 Å². The zero-order valence-corrected chi connectivity index (χ0v) is 28.4. The molecule has 4 fully saturated rings. The monoisotopic (exact) mass is 699 g/mol. The highest BCUT2D eigenvalue weighted by Gasteiger charge is 2.70. The summed E-state index contributed by atoms with van der Waals surface area (Å²) < 4.78 is 6.19. The first-order valence-electron chi connectivity index (χ1n) is 17.0. The van der Waals surface area contributed by atoms with Crippen molar-refractivity contribution in [2.75, 3.05) is 20.1 Å². The average molecular weight is 700 g/mol. The molecule has 16 nitrogen and oxygen atoms in total. The molecule has 0 bridgehead atoms. The molecule has 7 rings (SSSR count). The van der Waals surface area contributed by atoms with Gasteiger partial charge in [-0.1, -0.05) is 26.0 Å². The van der Waals surface area contributed by atoms with Crippen molar-refractivity contribution >= 4 is 40.6 Å². The van der Waals surface area contributed by atoms with Crippen LogP contribution in [0.5, 0.6) is 0 Å². The van der Waals surface area contributed by atoms with Crippen molar-refractivity contribution in [3.05, 3.63) is 35.5 Å². The third kappa shape index (κ3) is 5.82. The molecule has 5 aliphatic rings. The SMILES string of the molecule is CC(C)C[C@H]1C(=O)N2CCC[C@H]2[C@]2(O)O[C@@](C)(NC(=O)[C@@H]3C[C@@H]4c5cccc6[nH]cc(c56)C[C@H]4N(C)C3)C(=O)N12.O=C(O)C(O)C(O)C(=O)O. The maximum Gasteiger partial charge on any atom is 0.335 e. The Morgan fingerprint density at radius 1 is 1.12 bits per heavy atom. The Morgan fingerprint density at radius 3 is 2.44 bits per heavy atom. The standard InChI is InChI=1S/C30H39N5O5.C4H6O6/c1-16(2)11-23-27(37)34-10-6-9-24(34)30(39)35(23)28(38)29(3,40-30)32-26(36)18-12-20-19-7-5-8-21-25(19)17(14-31-21)13-22(20)33(4)15-18;5-1(3(7)8)2(6)4(9)10/h5,7-8,14,16,18,20,22-24,31,39H,6,9-13,15H2,1-4H3,(H,32,36);1-2,5-6H,(H,7,8)(H,9,10)/t18-,20-,22-,23+,24+,29-,30+;/m1./s1. The summed E-state index contributed by atoms with van der Waals surface area (Å²) >= 11 is 0. The minimum absolute atomic E-state index is 0.123. The zero-order chi connectivity index (χ0) is 36.4. The Bertz CT molecular complexity index is 1690. The van der Waals surface area contributed by atoms with Crippen molar-refractivity contribution in [1.82, 2.24) is 25.0 Å². The number of nitrogens with zero attached hydrogens (tertiary/aromatic N) is 3. The highest BCUT2D eigenvalue weighted by atomic mass is 16.7. The molecule has 3 amide bonds. The number of fused-ring (bicyclic) bond motifs is 5. The van der Waals surface area contributed by atoms with Crippen LogP contribution in [0.4, 0.5) is 0 Å². The number of ether oxygens (including phenoxy) is 1. The molecule has 2 aromatic rings. The van der Waals surface area contributed by atoms with E-state index < -0.39 is 53.8 Å². The average Bonchev–Trinajstić information content (AvgIpc) is 3.76. The number of aliphatic carboxylic acids is 2. The summed E-state index contributed by atoms with van der Waals surface area (Å²) in [7, 11) is 2.06. The van der Waals surface area contributed by atoms with E-state index in [-0.39, 0.29) is 29.6 Å². The topological polar surface area (TPSA) is 233 Å². The maximum atomic E-state index is 14.0. The first-order valence-corrected chi connectivity index (χ1v) is 17.0. The van der Waals surface area contributed by atoms with Crippen LogP contribution in [-0.2, 0) is 35.1 Å². The first-order chi connectivity index (χ1) is 23.5. The number of aliphatic hydroxyl groups excluding tert-OH is 2. The van der Waals surface area contributed by atoms with Gasteiger partial charge in [0.05, 0.1) is 5.92 Å². The number of likely N-dealkylation sites (N-methyl/N-ethyl adjacent to an activating group) is 1. The summed E-state index contributed by atoms with van der Waals surface area (Å²) in [5.74, 6) is -6.54. The van der Waals surface area contributed by atoms with Gasteiger partial charge in [0.2, 0.25) is 17.5 Å². The van der Waals surface area contributed by atoms with Gasteiger partial charge >= 0.3 is 11.9 Å². The predicted octanol–water partition coefficient (Wildman–Crippen LogP) is -0.238. The zero-order valence-electron chi connectivity index (χ0n) is 28.4. The van der Waals surface area contributed by atoms with Crippen molar-refractivity contribution in [3.63, 3.8) is 0 Å². The lowest BCUT2D eigenvalue weighted by atomic mass is 9.72. The van der Waals surface area contributed by atoms with Gasteiger partial charge in [-0.25, -0.2) is 9.59 Å². The minimum Gasteiger partial charge on any atom is -0.479 e. The lowest BCUT2D eigenvalue weighted by Crippen LogP contribution is -2.71. The van der Waals surface area contributed by atoms with Crippen molar-refractivity contribution in [1.29, 1.82) is 0 Å². The van der Waals surface area contributed by atoms with Gasteiger partial charge in [0.15, 0.2) is 12.2 Å². The smallest absolute Gasteiger partial charge is 0.335 e. The largest absolute Gasteiger partial charge is 0.479 e. The molecule has 16 heteroatoms. The number of amides is 3. The number of aromatic nitrogens is 1. The second kappa shape index (κ2) is 12.9. The van der Waals surface area contributed by atoms with Crippen molar-refractivity contribution in [3.8, 4) is 0 Å². The van der Waals surface area contributed by atoms with Gasteiger partial charge in [-0.15, -0.1) is 0 Å². The third-order valence-electron chi connectivity index (χ3n) is 10.9. The highest BCUT2D eigenvalue weighted by molar-refractivity contribution is 5.97. The number of carboxylic acid groups (broad SMARTS) is 2. The molecule has 4 saturated heterocycles. The summed E-state index contributed by atoms with van der Waals surface area (Å²) in [5.41, 5.74) is 1.93. The summed E-state index contributed by atoms with van der Waals surface area (Å²) in [6.45, 7) is 6.58. The van der Waals surface area contributed by atoms with Gasteiger partial charge in [0, 0.05) is 42.1 Å². The molecule has 7 N–H and O–H groups in total. The van der Waals surface area contributed by atoms with Crippen LogP contribution in [0.2, 0.25) is 0 Å². The normalized spacial score (nSPS) is 32.9. The molecule has 0 saturated carbocycles. The van der Waals surface area contributed by atoms with Crippen LogP contribution < -0.4 is 5.32 Å². The molecule has 50 heavy (non-hydrogen) atoms. The fourth-order valence-corrected chi connectivity index (χ4v) is 8.56. The van der Waals surface area contributed by atoms with Crippen LogP contribution in [0.3, 0.4) is 0 Å². The number of aromatic amines is 1. The number of carbonyl (C=O) groups excluding carboxylic acids is 3. The third-order valence-corrected chi connectivity index (χ3v) is 10.9. The molecule has 1 aromatic heterocycles. The lowest BCUT2D eigenvalue weighted by molar-refractivity contribution is -0.315. The van der Waals surface area contributed by atoms with Crippen LogP contribution in [0.15, 0.2) is 24.4 Å². The van der Waals surface area contributed by atoms with Crippen molar-refractivity contribution in [2.45, 2.75) is 101 Å². The number of rotatable bonds is 7. The molecule has 5 heterocycles. The fourth-order valence-electron chi connectivity index (χ4n) is 8.56. The Hall–Kier alpha value is -4.09. The van der Waals surface area contributed by atoms with Gasteiger partial charge in [-0.3, -0.25) is 24.0 Å². The Kier molecular flexibility index (Phi) is 9.22. The van der Waals surface area contributed by atoms with Gasteiger partial charge in [0.1, 0.15) is 12.1 Å². The maximum absolute atomic E-state index is 14.0. The number of benzene rings is 1. The molecule has 9 atom stereocenters. The van der Waals surface area contributed by atoms with Gasteiger partial charge in [-0.2, -0.15) is 0 Å². The molecule has 272 valence electrons. The van der Waals surface area contributed by atoms with Gasteiger partial charge in [-0.05, 0) is 69.2 Å². The number of carboxylic acids is 2. The lowest BCUT2D eigenvalue weighted by Gasteiger charge is -2.49. The molecule has 4 aliphatic heterocycles. The number of piperazine rings is 1. The molecule has 2 unspecified atom stereocenters. The van der Waals surface area contributed by atoms with Crippen LogP contribution in [0, 0.1) is 11.8 Å². The Labute approximate surface area is 288 Å². The number of piperidine rings is 1. The second-order valence-corrected chi connectivity index (χ2v) is 14.7. The van der Waals surface area contributed by atoms with E-state index >= 15 is 0 Å². The van der Waals surface area contributed by atoms with E-state index in [0.29, 0.717) is 38.4 Å². The van der Waals surface area contributed by atoms with E-state index in [2.05, 4.69) is 46.6 Å². The predicted molar refractivity (Wildman–Crippen MR) is 174 cm³/mol. The van der Waals surface area contributed by atoms with E-state index in [1.54, 1.807) is 4.90 Å². The number of likely N-dealkylation sites (tertiary alicyclic amines) is 1. The van der Waals surface area contributed by atoms with E-state index in [1.165, 1.54) is 28.3 Å². The molecule has 0 spiro atoms. The minimum atomic E-state index is -2.27. The number of hydrogen-bond donors (Lipinski definition) is 7. The summed E-state index contributed by atoms with van der Waals surface area (Å²) in [6.07, 6.45) is 0.831. The van der Waals surface area contributed by atoms with E-state index in [1.807, 2.05) is 13.8 Å². The highest BCUT2D eigenvalue weighted by Crippen LogP contribution is 2.47. The van der Waals surface area contributed by atoms with Gasteiger partial charge < -0.3 is 45.6 Å². The van der Waals surface area contributed by atoms with E-state index in [0.717, 1.165) is 18.4 Å². The first kappa shape index (κ1) is 35.7. The number of carbonyl (C=O) groups is 5. The Balaban J connectivity index is 0.000000379. The molecular formula is C34H45N5O11. The number of hydrogen-bond acceptors (Lipinski definition) is 10. The molecule has 1 aromatic carbocycles. The molecule has 0 radical (unpaired) electrons. The summed E-state index contributed by atoms with van der Waals surface area (Å²) in [5, 5.41) is 48.6. The van der Waals surface area contributed by atoms with Crippen LogP contribution in [0.1, 0.15) is 63.5 Å². The van der Waals surface area contributed by atoms with E-state index in [9.17, 15) is 29.1 Å².